The second-order valence-electron chi connectivity index (χ2n) is 8.85. The lowest BCUT2D eigenvalue weighted by Gasteiger charge is -2.36. The highest BCUT2D eigenvalue weighted by Gasteiger charge is 2.31. The lowest BCUT2D eigenvalue weighted by molar-refractivity contribution is -0.124. The number of nitrogens with one attached hydrogen (secondary N) is 1. The maximum absolute atomic E-state index is 13.2. The highest BCUT2D eigenvalue weighted by atomic mass is 16.2. The summed E-state index contributed by atoms with van der Waals surface area (Å²) in [5.74, 6) is 0.284. The molecule has 5 rings (SSSR count). The Morgan fingerprint density at radius 3 is 2.50 bits per heavy atom. The van der Waals surface area contributed by atoms with Gasteiger partial charge in [-0.1, -0.05) is 54.6 Å². The van der Waals surface area contributed by atoms with Crippen molar-refractivity contribution in [3.63, 3.8) is 0 Å². The first-order valence-corrected chi connectivity index (χ1v) is 11.6. The molecule has 5 heteroatoms. The van der Waals surface area contributed by atoms with E-state index in [1.807, 2.05) is 53.4 Å². The SMILES string of the molecule is O=C(CN1CCC(C(=O)N2CCCc3ccccc32)CC1)Nc1cccc2ccccc12. The molecule has 164 valence electrons. The van der Waals surface area contributed by atoms with Crippen LogP contribution in [-0.4, -0.2) is 42.9 Å². The molecule has 5 nitrogen and oxygen atoms in total. The topological polar surface area (TPSA) is 52.7 Å². The van der Waals surface area contributed by atoms with E-state index in [-0.39, 0.29) is 17.7 Å². The molecular weight excluding hydrogens is 398 g/mol. The molecule has 2 aliphatic heterocycles. The van der Waals surface area contributed by atoms with Gasteiger partial charge in [0, 0.05) is 29.2 Å². The van der Waals surface area contributed by atoms with Crippen LogP contribution in [0, 0.1) is 5.92 Å². The van der Waals surface area contributed by atoms with Gasteiger partial charge in [-0.15, -0.1) is 0 Å². The van der Waals surface area contributed by atoms with Crippen molar-refractivity contribution in [2.24, 2.45) is 5.92 Å². The fourth-order valence-corrected chi connectivity index (χ4v) is 5.05. The highest BCUT2D eigenvalue weighted by molar-refractivity contribution is 6.02. The third-order valence-electron chi connectivity index (χ3n) is 6.74. The minimum Gasteiger partial charge on any atom is -0.324 e. The van der Waals surface area contributed by atoms with E-state index in [0.717, 1.165) is 67.5 Å². The molecule has 1 fully saturated rings. The molecule has 3 aromatic rings. The van der Waals surface area contributed by atoms with Gasteiger partial charge in [-0.05, 0) is 61.9 Å². The number of hydrogen-bond acceptors (Lipinski definition) is 3. The van der Waals surface area contributed by atoms with Crippen LogP contribution in [-0.2, 0) is 16.0 Å². The van der Waals surface area contributed by atoms with Crippen molar-refractivity contribution in [1.29, 1.82) is 0 Å². The average Bonchev–Trinajstić information content (AvgIpc) is 2.84. The molecule has 0 spiro atoms. The Kier molecular flexibility index (Phi) is 5.91. The maximum Gasteiger partial charge on any atom is 0.238 e. The normalized spacial score (nSPS) is 17.2. The molecular formula is C27H29N3O2. The number of aryl methyl sites for hydroxylation is 1. The fraction of sp³-hybridized carbons (Fsp3) is 0.333. The van der Waals surface area contributed by atoms with Gasteiger partial charge < -0.3 is 10.2 Å². The van der Waals surface area contributed by atoms with Crippen LogP contribution in [0.3, 0.4) is 0 Å². The summed E-state index contributed by atoms with van der Waals surface area (Å²) >= 11 is 0. The number of rotatable bonds is 4. The van der Waals surface area contributed by atoms with E-state index < -0.39 is 0 Å². The number of piperidine rings is 1. The number of likely N-dealkylation sites (tertiary alicyclic amines) is 1. The second-order valence-corrected chi connectivity index (χ2v) is 8.85. The van der Waals surface area contributed by atoms with Gasteiger partial charge in [0.15, 0.2) is 0 Å². The van der Waals surface area contributed by atoms with E-state index in [4.69, 9.17) is 0 Å². The predicted molar refractivity (Wildman–Crippen MR) is 129 cm³/mol. The van der Waals surface area contributed by atoms with Gasteiger partial charge in [-0.3, -0.25) is 14.5 Å². The van der Waals surface area contributed by atoms with Crippen LogP contribution < -0.4 is 10.2 Å². The van der Waals surface area contributed by atoms with E-state index in [1.165, 1.54) is 5.56 Å². The van der Waals surface area contributed by atoms with Crippen LogP contribution in [0.5, 0.6) is 0 Å². The number of benzene rings is 3. The van der Waals surface area contributed by atoms with Crippen LogP contribution in [0.15, 0.2) is 66.7 Å². The van der Waals surface area contributed by atoms with Crippen molar-refractivity contribution in [3.05, 3.63) is 72.3 Å². The minimum absolute atomic E-state index is 0.00362. The number of carbonyl (C=O) groups is 2. The van der Waals surface area contributed by atoms with Gasteiger partial charge in [0.05, 0.1) is 6.54 Å². The molecule has 0 saturated carbocycles. The molecule has 1 N–H and O–H groups in total. The van der Waals surface area contributed by atoms with Crippen molar-refractivity contribution in [2.75, 3.05) is 36.4 Å². The number of amides is 2. The summed E-state index contributed by atoms with van der Waals surface area (Å²) in [6, 6.07) is 22.3. The molecule has 0 unspecified atom stereocenters. The zero-order valence-electron chi connectivity index (χ0n) is 18.3. The predicted octanol–water partition coefficient (Wildman–Crippen LogP) is 4.47. The molecule has 3 aromatic carbocycles. The van der Waals surface area contributed by atoms with Gasteiger partial charge >= 0.3 is 0 Å². The summed E-state index contributed by atoms with van der Waals surface area (Å²) in [5, 5.41) is 5.24. The van der Waals surface area contributed by atoms with Crippen molar-refractivity contribution in [3.8, 4) is 0 Å². The molecule has 0 aromatic heterocycles. The summed E-state index contributed by atoms with van der Waals surface area (Å²) in [5.41, 5.74) is 3.21. The Labute approximate surface area is 189 Å². The van der Waals surface area contributed by atoms with Gasteiger partial charge in [0.1, 0.15) is 0 Å². The lowest BCUT2D eigenvalue weighted by atomic mass is 9.93. The largest absolute Gasteiger partial charge is 0.324 e. The van der Waals surface area contributed by atoms with Crippen molar-refractivity contribution < 1.29 is 9.59 Å². The Bertz CT molecular complexity index is 1130. The molecule has 1 saturated heterocycles. The zero-order valence-corrected chi connectivity index (χ0v) is 18.3. The van der Waals surface area contributed by atoms with Crippen LogP contribution >= 0.6 is 0 Å². The van der Waals surface area contributed by atoms with Crippen LogP contribution in [0.2, 0.25) is 0 Å². The summed E-state index contributed by atoms with van der Waals surface area (Å²) < 4.78 is 0. The van der Waals surface area contributed by atoms with E-state index in [2.05, 4.69) is 28.4 Å². The standard InChI is InChI=1S/C27H29N3O2/c31-26(28-24-12-5-9-20-7-1-3-11-23(20)24)19-29-17-14-22(15-18-29)27(32)30-16-6-10-21-8-2-4-13-25(21)30/h1-5,7-9,11-13,22H,6,10,14-19H2,(H,28,31). The molecule has 0 radical (unpaired) electrons. The number of anilines is 2. The summed E-state index contributed by atoms with van der Waals surface area (Å²) in [6.45, 7) is 2.71. The number of fused-ring (bicyclic) bond motifs is 2. The molecule has 0 aliphatic carbocycles. The zero-order chi connectivity index (χ0) is 21.9. The smallest absolute Gasteiger partial charge is 0.238 e. The first-order valence-electron chi connectivity index (χ1n) is 11.6. The van der Waals surface area contributed by atoms with Gasteiger partial charge in [-0.25, -0.2) is 0 Å². The van der Waals surface area contributed by atoms with E-state index >= 15 is 0 Å². The van der Waals surface area contributed by atoms with E-state index in [0.29, 0.717) is 6.54 Å². The molecule has 0 bridgehead atoms. The molecule has 2 aliphatic rings. The van der Waals surface area contributed by atoms with Crippen molar-refractivity contribution >= 4 is 34.0 Å². The summed E-state index contributed by atoms with van der Waals surface area (Å²) in [7, 11) is 0. The van der Waals surface area contributed by atoms with Crippen LogP contribution in [0.25, 0.3) is 10.8 Å². The Hall–Kier alpha value is -3.18. The minimum atomic E-state index is -0.00362. The maximum atomic E-state index is 13.2. The first kappa shape index (κ1) is 20.7. The van der Waals surface area contributed by atoms with Crippen LogP contribution in [0.1, 0.15) is 24.8 Å². The van der Waals surface area contributed by atoms with Crippen LogP contribution in [0.4, 0.5) is 11.4 Å². The third kappa shape index (κ3) is 4.26. The highest BCUT2D eigenvalue weighted by Crippen LogP contribution is 2.30. The molecule has 2 heterocycles. The number of carbonyl (C=O) groups excluding carboxylic acids is 2. The van der Waals surface area contributed by atoms with E-state index in [9.17, 15) is 9.59 Å². The van der Waals surface area contributed by atoms with Gasteiger partial charge in [0.2, 0.25) is 11.8 Å². The lowest BCUT2D eigenvalue weighted by Crippen LogP contribution is -2.45. The Balaban J connectivity index is 1.17. The second kappa shape index (κ2) is 9.13. The number of hydrogen-bond donors (Lipinski definition) is 1. The quantitative estimate of drug-likeness (QED) is 0.668. The molecule has 0 atom stereocenters. The molecule has 2 amide bonds. The van der Waals surface area contributed by atoms with Gasteiger partial charge in [0.25, 0.3) is 0 Å². The Morgan fingerprint density at radius 2 is 1.62 bits per heavy atom. The summed E-state index contributed by atoms with van der Waals surface area (Å²) in [4.78, 5) is 30.1. The number of para-hydroxylation sites is 1. The van der Waals surface area contributed by atoms with Gasteiger partial charge in [-0.2, -0.15) is 0 Å². The van der Waals surface area contributed by atoms with E-state index in [1.54, 1.807) is 0 Å². The summed E-state index contributed by atoms with van der Waals surface area (Å²) in [6.07, 6.45) is 3.68. The van der Waals surface area contributed by atoms with Crippen molar-refractivity contribution in [1.82, 2.24) is 4.90 Å². The number of nitrogens with zero attached hydrogens (tertiary/aromatic N) is 2. The third-order valence-corrected chi connectivity index (χ3v) is 6.74. The monoisotopic (exact) mass is 427 g/mol. The average molecular weight is 428 g/mol. The Morgan fingerprint density at radius 1 is 0.875 bits per heavy atom. The fourth-order valence-electron chi connectivity index (χ4n) is 5.05. The first-order chi connectivity index (χ1) is 15.7. The molecule has 32 heavy (non-hydrogen) atoms. The van der Waals surface area contributed by atoms with Crippen molar-refractivity contribution in [2.45, 2.75) is 25.7 Å².